The monoisotopic (exact) mass is 536 g/mol. The van der Waals surface area contributed by atoms with E-state index in [0.29, 0.717) is 11.8 Å². The second kappa shape index (κ2) is 14.3. The maximum Gasteiger partial charge on any atom is 0.223 e. The molecule has 0 aromatic carbocycles. The summed E-state index contributed by atoms with van der Waals surface area (Å²) < 4.78 is 0. The number of allylic oxidation sites excluding steroid dienone is 6. The van der Waals surface area contributed by atoms with Gasteiger partial charge < -0.3 is 21.2 Å². The fourth-order valence-corrected chi connectivity index (χ4v) is 7.33. The van der Waals surface area contributed by atoms with Crippen molar-refractivity contribution >= 4 is 17.5 Å². The lowest BCUT2D eigenvalue weighted by Crippen LogP contribution is -2.53. The number of nitrogens with zero attached hydrogens (tertiary/aromatic N) is 1. The van der Waals surface area contributed by atoms with Crippen LogP contribution in [0.5, 0.6) is 0 Å². The van der Waals surface area contributed by atoms with Crippen LogP contribution in [-0.2, 0) is 4.79 Å². The molecule has 5 N–H and O–H groups in total. The Morgan fingerprint density at radius 2 is 1.76 bits per heavy atom. The summed E-state index contributed by atoms with van der Waals surface area (Å²) in [6.45, 7) is 12.5. The Kier molecular flexibility index (Phi) is 12.4. The second-order valence-corrected chi connectivity index (χ2v) is 13.3. The molecule has 1 unspecified atom stereocenters. The molecular formula is C31H53ClN2O3. The molecule has 6 heteroatoms. The average Bonchev–Trinajstić information content (AvgIpc) is 2.84. The SMILES string of the molecule is CC(C)[C@H](CN1CC[C@H](C2=CC=C(Cl)CC2)C(C)(C)C1)NC(=O)C1CC=C(C2CCCCC2)CC1.O.O. The first-order valence-electron chi connectivity index (χ1n) is 14.5. The molecule has 1 aliphatic heterocycles. The minimum atomic E-state index is 0. The van der Waals surface area contributed by atoms with Gasteiger partial charge in [-0.05, 0) is 87.2 Å². The highest BCUT2D eigenvalue weighted by Gasteiger charge is 2.39. The summed E-state index contributed by atoms with van der Waals surface area (Å²) >= 11 is 6.21. The highest BCUT2D eigenvalue weighted by Crippen LogP contribution is 2.43. The molecule has 1 saturated heterocycles. The Hall–Kier alpha value is -1.14. The topological polar surface area (TPSA) is 95.3 Å². The normalized spacial score (nSPS) is 27.7. The number of hydrogen-bond donors (Lipinski definition) is 1. The van der Waals surface area contributed by atoms with Crippen LogP contribution in [-0.4, -0.2) is 47.4 Å². The highest BCUT2D eigenvalue weighted by atomic mass is 35.5. The predicted octanol–water partition coefficient (Wildman–Crippen LogP) is 5.98. The molecule has 0 bridgehead atoms. The molecule has 5 nitrogen and oxygen atoms in total. The fourth-order valence-electron chi connectivity index (χ4n) is 7.17. The van der Waals surface area contributed by atoms with E-state index in [4.69, 9.17) is 11.6 Å². The first kappa shape index (κ1) is 32.1. The lowest BCUT2D eigenvalue weighted by molar-refractivity contribution is -0.126. The summed E-state index contributed by atoms with van der Waals surface area (Å²) in [5, 5.41) is 4.48. The van der Waals surface area contributed by atoms with E-state index in [-0.39, 0.29) is 34.2 Å². The number of carbonyl (C=O) groups is 1. The lowest BCUT2D eigenvalue weighted by Gasteiger charge is -2.47. The van der Waals surface area contributed by atoms with Crippen molar-refractivity contribution in [3.05, 3.63) is 34.4 Å². The molecule has 0 aromatic rings. The van der Waals surface area contributed by atoms with Crippen LogP contribution in [0.3, 0.4) is 0 Å². The zero-order valence-corrected chi connectivity index (χ0v) is 24.5. The lowest BCUT2D eigenvalue weighted by atomic mass is 9.68. The molecule has 37 heavy (non-hydrogen) atoms. The zero-order chi connectivity index (χ0) is 25.0. The Labute approximate surface area is 230 Å². The van der Waals surface area contributed by atoms with Crippen molar-refractivity contribution < 1.29 is 15.7 Å². The first-order chi connectivity index (χ1) is 16.7. The van der Waals surface area contributed by atoms with Gasteiger partial charge >= 0.3 is 0 Å². The minimum absolute atomic E-state index is 0. The number of halogens is 1. The van der Waals surface area contributed by atoms with Crippen molar-refractivity contribution in [2.45, 2.75) is 104 Å². The zero-order valence-electron chi connectivity index (χ0n) is 23.8. The Balaban J connectivity index is 0.00000241. The minimum Gasteiger partial charge on any atom is -0.412 e. The summed E-state index contributed by atoms with van der Waals surface area (Å²) in [5.74, 6) is 2.31. The molecule has 0 spiro atoms. The third-order valence-corrected chi connectivity index (χ3v) is 9.74. The van der Waals surface area contributed by atoms with Gasteiger partial charge in [0, 0.05) is 30.1 Å². The summed E-state index contributed by atoms with van der Waals surface area (Å²) in [5.41, 5.74) is 3.47. The molecule has 0 radical (unpaired) electrons. The van der Waals surface area contributed by atoms with E-state index in [1.165, 1.54) is 38.5 Å². The van der Waals surface area contributed by atoms with E-state index in [1.54, 1.807) is 11.1 Å². The predicted molar refractivity (Wildman–Crippen MR) is 156 cm³/mol. The van der Waals surface area contributed by atoms with E-state index in [1.807, 2.05) is 0 Å². The number of likely N-dealkylation sites (tertiary alicyclic amines) is 1. The van der Waals surface area contributed by atoms with Crippen LogP contribution in [0.2, 0.25) is 0 Å². The van der Waals surface area contributed by atoms with E-state index in [0.717, 1.165) is 62.7 Å². The number of hydrogen-bond acceptors (Lipinski definition) is 2. The van der Waals surface area contributed by atoms with Crippen molar-refractivity contribution in [3.8, 4) is 0 Å². The van der Waals surface area contributed by atoms with E-state index in [9.17, 15) is 4.79 Å². The van der Waals surface area contributed by atoms with Crippen LogP contribution in [0, 0.1) is 29.1 Å². The van der Waals surface area contributed by atoms with Crippen LogP contribution in [0.25, 0.3) is 0 Å². The molecule has 2 fully saturated rings. The maximum atomic E-state index is 13.3. The van der Waals surface area contributed by atoms with Gasteiger partial charge in [-0.2, -0.15) is 0 Å². The maximum absolute atomic E-state index is 13.3. The van der Waals surface area contributed by atoms with Crippen molar-refractivity contribution in [2.75, 3.05) is 19.6 Å². The van der Waals surface area contributed by atoms with E-state index < -0.39 is 0 Å². The summed E-state index contributed by atoms with van der Waals surface area (Å²) in [7, 11) is 0. The highest BCUT2D eigenvalue weighted by molar-refractivity contribution is 6.29. The Morgan fingerprint density at radius 3 is 2.32 bits per heavy atom. The fraction of sp³-hybridized carbons (Fsp3) is 0.774. The van der Waals surface area contributed by atoms with Crippen molar-refractivity contribution in [3.63, 3.8) is 0 Å². The molecule has 3 atom stereocenters. The van der Waals surface area contributed by atoms with Crippen molar-refractivity contribution in [1.82, 2.24) is 10.2 Å². The van der Waals surface area contributed by atoms with Crippen LogP contribution in [0.1, 0.15) is 98.3 Å². The standard InChI is InChI=1S/C31H49ClN2O.2H2O/c1-22(2)29(33-30(35)26-12-10-24(11-13-26)23-8-6-5-7-9-23)20-34-19-18-28(31(3,4)21-34)25-14-16-27(32)17-15-25;;/h10,14,16,22-23,26,28-29H,5-9,11-13,15,17-21H2,1-4H3,(H,33,35);2*1H2/t26?,28-,29+;;/m1../s1. The van der Waals surface area contributed by atoms with Crippen LogP contribution in [0.15, 0.2) is 34.4 Å². The van der Waals surface area contributed by atoms with E-state index >= 15 is 0 Å². The summed E-state index contributed by atoms with van der Waals surface area (Å²) in [6.07, 6.45) is 20.1. The number of piperidine rings is 1. The molecule has 1 heterocycles. The largest absolute Gasteiger partial charge is 0.412 e. The first-order valence-corrected chi connectivity index (χ1v) is 14.9. The number of amides is 1. The number of nitrogens with one attached hydrogen (secondary N) is 1. The van der Waals surface area contributed by atoms with Crippen LogP contribution < -0.4 is 5.32 Å². The van der Waals surface area contributed by atoms with Gasteiger partial charge in [-0.15, -0.1) is 0 Å². The molecule has 4 rings (SSSR count). The van der Waals surface area contributed by atoms with Gasteiger partial charge in [0.2, 0.25) is 5.91 Å². The van der Waals surface area contributed by atoms with Gasteiger partial charge in [0.15, 0.2) is 0 Å². The van der Waals surface area contributed by atoms with Gasteiger partial charge in [-0.25, -0.2) is 0 Å². The second-order valence-electron chi connectivity index (χ2n) is 12.9. The molecule has 212 valence electrons. The average molecular weight is 537 g/mol. The van der Waals surface area contributed by atoms with Gasteiger partial charge in [-0.1, -0.05) is 81.9 Å². The molecule has 4 aliphatic rings. The van der Waals surface area contributed by atoms with Crippen molar-refractivity contribution in [2.24, 2.45) is 29.1 Å². The smallest absolute Gasteiger partial charge is 0.223 e. The quantitative estimate of drug-likeness (QED) is 0.405. The Bertz CT molecular complexity index is 841. The van der Waals surface area contributed by atoms with Gasteiger partial charge in [0.25, 0.3) is 0 Å². The van der Waals surface area contributed by atoms with Crippen molar-refractivity contribution in [1.29, 1.82) is 0 Å². The molecule has 0 aromatic heterocycles. The van der Waals surface area contributed by atoms with Gasteiger partial charge in [0.1, 0.15) is 0 Å². The van der Waals surface area contributed by atoms with Gasteiger partial charge in [-0.3, -0.25) is 4.79 Å². The number of rotatable bonds is 7. The third kappa shape index (κ3) is 8.42. The molecule has 1 amide bonds. The summed E-state index contributed by atoms with van der Waals surface area (Å²) in [4.78, 5) is 15.9. The van der Waals surface area contributed by atoms with Gasteiger partial charge in [0.05, 0.1) is 0 Å². The Morgan fingerprint density at radius 1 is 1.03 bits per heavy atom. The van der Waals surface area contributed by atoms with E-state index in [2.05, 4.69) is 56.1 Å². The molecule has 3 aliphatic carbocycles. The molecule has 1 saturated carbocycles. The van der Waals surface area contributed by atoms with Crippen LogP contribution in [0.4, 0.5) is 0 Å². The van der Waals surface area contributed by atoms with Crippen LogP contribution >= 0.6 is 11.6 Å². The molecular weight excluding hydrogens is 484 g/mol. The number of carbonyl (C=O) groups excluding carboxylic acids is 1. The summed E-state index contributed by atoms with van der Waals surface area (Å²) in [6, 6.07) is 0.217. The third-order valence-electron chi connectivity index (χ3n) is 9.42.